The van der Waals surface area contributed by atoms with Crippen molar-refractivity contribution in [3.8, 4) is 27.9 Å². The molecule has 0 saturated heterocycles. The number of rotatable bonds is 8. The molecule has 0 unspecified atom stereocenters. The first-order valence-corrected chi connectivity index (χ1v) is 18.2. The molecule has 0 radical (unpaired) electrons. The van der Waals surface area contributed by atoms with E-state index in [4.69, 9.17) is 4.42 Å². The van der Waals surface area contributed by atoms with Crippen LogP contribution in [0.1, 0.15) is 38.6 Å². The quantitative estimate of drug-likeness (QED) is 0.147. The molecule has 2 aromatic heterocycles. The second-order valence-electron chi connectivity index (χ2n) is 11.9. The molecule has 50 heavy (non-hydrogen) atoms. The summed E-state index contributed by atoms with van der Waals surface area (Å²) in [5.74, 6) is 0.701. The first kappa shape index (κ1) is 33.1. The van der Waals surface area contributed by atoms with Crippen molar-refractivity contribution in [3.63, 3.8) is 0 Å². The number of nitrogens with zero attached hydrogens (tertiary/aromatic N) is 2. The predicted octanol–water partition coefficient (Wildman–Crippen LogP) is 13.6. The van der Waals surface area contributed by atoms with E-state index in [1.807, 2.05) is 32.0 Å². The molecule has 8 aromatic rings. The summed E-state index contributed by atoms with van der Waals surface area (Å²) in [5.41, 5.74) is 12.4. The molecular formula is C46H39BrN2O. The topological polar surface area (TPSA) is 31.0 Å². The van der Waals surface area contributed by atoms with E-state index in [-0.39, 0.29) is 0 Å². The fourth-order valence-electron chi connectivity index (χ4n) is 6.76. The monoisotopic (exact) mass is 714 g/mol. The lowest BCUT2D eigenvalue weighted by Gasteiger charge is -2.16. The molecule has 0 aliphatic heterocycles. The molecule has 0 aliphatic carbocycles. The van der Waals surface area contributed by atoms with Crippen LogP contribution in [0.4, 0.5) is 0 Å². The maximum Gasteiger partial charge on any atom is 0.199 e. The molecule has 4 heteroatoms. The molecule has 0 N–H and O–H groups in total. The minimum absolute atomic E-state index is 0.609. The number of aromatic nitrogens is 2. The number of fused-ring (bicyclic) bond motifs is 4. The van der Waals surface area contributed by atoms with Crippen LogP contribution in [0.3, 0.4) is 0 Å². The minimum Gasteiger partial charge on any atom is -0.439 e. The summed E-state index contributed by atoms with van der Waals surface area (Å²) >= 11 is 3.58. The van der Waals surface area contributed by atoms with Gasteiger partial charge in [0.05, 0.1) is 15.5 Å². The van der Waals surface area contributed by atoms with Crippen LogP contribution in [0.15, 0.2) is 167 Å². The van der Waals surface area contributed by atoms with E-state index in [1.54, 1.807) is 0 Å². The molecule has 8 rings (SSSR count). The SMILES string of the molecule is CC.CC/C=C(\C=C/Cc1nc2cccc(Br)c2o1)c1ccccc1-c1ccccc1-c1ccc2c(c1)c1ccccc1n2-c1ccccc1. The van der Waals surface area contributed by atoms with E-state index in [9.17, 15) is 0 Å². The Morgan fingerprint density at radius 2 is 1.40 bits per heavy atom. The molecule has 0 saturated carbocycles. The van der Waals surface area contributed by atoms with Gasteiger partial charge in [0.15, 0.2) is 11.5 Å². The summed E-state index contributed by atoms with van der Waals surface area (Å²) in [6, 6.07) is 49.6. The van der Waals surface area contributed by atoms with Gasteiger partial charge in [-0.3, -0.25) is 0 Å². The highest BCUT2D eigenvalue weighted by molar-refractivity contribution is 9.10. The van der Waals surface area contributed by atoms with Gasteiger partial charge < -0.3 is 8.98 Å². The number of hydrogen-bond donors (Lipinski definition) is 0. The van der Waals surface area contributed by atoms with Crippen molar-refractivity contribution in [3.05, 3.63) is 174 Å². The van der Waals surface area contributed by atoms with Crippen LogP contribution in [0.5, 0.6) is 0 Å². The fraction of sp³-hybridized carbons (Fsp3) is 0.109. The van der Waals surface area contributed by atoms with E-state index in [2.05, 4.69) is 172 Å². The first-order valence-electron chi connectivity index (χ1n) is 17.4. The lowest BCUT2D eigenvalue weighted by atomic mass is 9.88. The molecule has 0 aliphatic rings. The van der Waals surface area contributed by atoms with Crippen molar-refractivity contribution in [2.24, 2.45) is 0 Å². The zero-order valence-corrected chi connectivity index (χ0v) is 30.2. The highest BCUT2D eigenvalue weighted by Crippen LogP contribution is 2.40. The summed E-state index contributed by atoms with van der Waals surface area (Å²) in [6.07, 6.45) is 8.19. The molecule has 0 fully saturated rings. The van der Waals surface area contributed by atoms with Gasteiger partial charge in [-0.15, -0.1) is 0 Å². The van der Waals surface area contributed by atoms with Crippen molar-refractivity contribution in [1.29, 1.82) is 0 Å². The summed E-state index contributed by atoms with van der Waals surface area (Å²) in [5, 5.41) is 2.50. The van der Waals surface area contributed by atoms with Crippen molar-refractivity contribution in [1.82, 2.24) is 9.55 Å². The standard InChI is InChI=1S/C44H33BrN2O.C2H6/c1-2-14-30(15-12-26-43-46-40-24-13-23-39(45)44(40)48-43)33-18-6-8-20-35(33)36-21-9-7-19-34(36)31-27-28-42-38(29-31)37-22-10-11-25-41(37)47(42)32-16-4-3-5-17-32;1-2/h3-25,27-29H,2,26H2,1H3;1-2H3/b15-12-,30-14+;. The van der Waals surface area contributed by atoms with Crippen LogP contribution in [-0.2, 0) is 6.42 Å². The third kappa shape index (κ3) is 6.35. The van der Waals surface area contributed by atoms with Crippen molar-refractivity contribution in [2.75, 3.05) is 0 Å². The van der Waals surface area contributed by atoms with Gasteiger partial charge in [-0.05, 0) is 98.2 Å². The van der Waals surface area contributed by atoms with Crippen molar-refractivity contribution >= 4 is 54.4 Å². The van der Waals surface area contributed by atoms with Crippen LogP contribution in [-0.4, -0.2) is 9.55 Å². The second-order valence-corrected chi connectivity index (χ2v) is 12.7. The summed E-state index contributed by atoms with van der Waals surface area (Å²) in [4.78, 5) is 4.69. The molecule has 3 nitrogen and oxygen atoms in total. The number of halogens is 1. The largest absolute Gasteiger partial charge is 0.439 e. The summed E-state index contributed by atoms with van der Waals surface area (Å²) in [6.45, 7) is 6.18. The molecule has 246 valence electrons. The smallest absolute Gasteiger partial charge is 0.199 e. The lowest BCUT2D eigenvalue weighted by Crippen LogP contribution is -1.93. The molecule has 6 aromatic carbocycles. The molecule has 0 amide bonds. The van der Waals surface area contributed by atoms with Gasteiger partial charge in [0.25, 0.3) is 0 Å². The highest BCUT2D eigenvalue weighted by Gasteiger charge is 2.16. The zero-order valence-electron chi connectivity index (χ0n) is 28.6. The van der Waals surface area contributed by atoms with Crippen LogP contribution in [0.25, 0.3) is 66.4 Å². The number of para-hydroxylation sites is 3. The normalized spacial score (nSPS) is 11.8. The van der Waals surface area contributed by atoms with E-state index in [0.29, 0.717) is 12.3 Å². The zero-order chi connectivity index (χ0) is 34.5. The highest BCUT2D eigenvalue weighted by atomic mass is 79.9. The lowest BCUT2D eigenvalue weighted by molar-refractivity contribution is 0.545. The van der Waals surface area contributed by atoms with Crippen LogP contribution in [0.2, 0.25) is 0 Å². The van der Waals surface area contributed by atoms with Gasteiger partial charge in [-0.1, -0.05) is 136 Å². The first-order chi connectivity index (χ1) is 24.7. The van der Waals surface area contributed by atoms with E-state index in [0.717, 1.165) is 27.7 Å². The number of hydrogen-bond acceptors (Lipinski definition) is 2. The molecule has 0 atom stereocenters. The predicted molar refractivity (Wildman–Crippen MR) is 216 cm³/mol. The Morgan fingerprint density at radius 1 is 0.700 bits per heavy atom. The summed E-state index contributed by atoms with van der Waals surface area (Å²) < 4.78 is 9.34. The maximum absolute atomic E-state index is 6.06. The van der Waals surface area contributed by atoms with E-state index in [1.165, 1.54) is 55.2 Å². The average molecular weight is 716 g/mol. The summed E-state index contributed by atoms with van der Waals surface area (Å²) in [7, 11) is 0. The molecule has 2 heterocycles. The fourth-order valence-corrected chi connectivity index (χ4v) is 7.20. The maximum atomic E-state index is 6.06. The third-order valence-electron chi connectivity index (χ3n) is 8.88. The Balaban J connectivity index is 0.00000193. The molecule has 0 spiro atoms. The Bertz CT molecular complexity index is 2480. The Labute approximate surface area is 302 Å². The third-order valence-corrected chi connectivity index (χ3v) is 9.50. The Kier molecular flexibility index (Phi) is 9.91. The molecular weight excluding hydrogens is 676 g/mol. The van der Waals surface area contributed by atoms with Crippen molar-refractivity contribution < 1.29 is 4.42 Å². The minimum atomic E-state index is 0.609. The van der Waals surface area contributed by atoms with Gasteiger partial charge >= 0.3 is 0 Å². The van der Waals surface area contributed by atoms with Crippen LogP contribution in [0, 0.1) is 0 Å². The van der Waals surface area contributed by atoms with E-state index < -0.39 is 0 Å². The molecule has 0 bridgehead atoms. The van der Waals surface area contributed by atoms with Crippen molar-refractivity contribution in [2.45, 2.75) is 33.6 Å². The van der Waals surface area contributed by atoms with Gasteiger partial charge in [-0.25, -0.2) is 4.98 Å². The van der Waals surface area contributed by atoms with Gasteiger partial charge in [0.2, 0.25) is 0 Å². The Morgan fingerprint density at radius 3 is 2.20 bits per heavy atom. The average Bonchev–Trinajstić information content (AvgIpc) is 3.75. The van der Waals surface area contributed by atoms with E-state index >= 15 is 0 Å². The number of oxazole rings is 1. The van der Waals surface area contributed by atoms with Crippen LogP contribution < -0.4 is 0 Å². The second kappa shape index (κ2) is 15.0. The van der Waals surface area contributed by atoms with Gasteiger partial charge in [0, 0.05) is 22.9 Å². The van der Waals surface area contributed by atoms with Crippen LogP contribution >= 0.6 is 15.9 Å². The Hall–Kier alpha value is -5.45. The number of benzene rings is 6. The van der Waals surface area contributed by atoms with Gasteiger partial charge in [-0.2, -0.15) is 0 Å². The number of allylic oxidation sites excluding steroid dienone is 4. The van der Waals surface area contributed by atoms with Gasteiger partial charge in [0.1, 0.15) is 5.52 Å².